The summed E-state index contributed by atoms with van der Waals surface area (Å²) in [6, 6.07) is 4.76. The van der Waals surface area contributed by atoms with E-state index in [1.807, 2.05) is 0 Å². The lowest BCUT2D eigenvalue weighted by molar-refractivity contribution is -0.222. The monoisotopic (exact) mass is 474 g/mol. The molecule has 0 bridgehead atoms. The van der Waals surface area contributed by atoms with Gasteiger partial charge in [-0.25, -0.2) is 21.6 Å². The van der Waals surface area contributed by atoms with Gasteiger partial charge in [0.2, 0.25) is 0 Å². The van der Waals surface area contributed by atoms with Crippen LogP contribution in [0.25, 0.3) is 0 Å². The topological polar surface area (TPSA) is 104 Å². The molecule has 0 heterocycles. The standard InChI is InChI=1S/C18H25F3O7S2/c1-5-17(3,29(23,24)6-2)30(25,26)12-11-28-15(18(19,20)21)13-9-7-8-10-14(13)16(22)27-4/h7-10,15H,5-6,11-12H2,1-4H3. The first kappa shape index (κ1) is 26.4. The number of carbonyl (C=O) groups is 1. The van der Waals surface area contributed by atoms with Gasteiger partial charge in [0.15, 0.2) is 29.9 Å². The van der Waals surface area contributed by atoms with Gasteiger partial charge in [0.05, 0.1) is 25.0 Å². The van der Waals surface area contributed by atoms with Crippen molar-refractivity contribution in [3.63, 3.8) is 0 Å². The van der Waals surface area contributed by atoms with E-state index in [4.69, 9.17) is 4.74 Å². The lowest BCUT2D eigenvalue weighted by atomic mass is 10.0. The molecule has 0 fully saturated rings. The van der Waals surface area contributed by atoms with Gasteiger partial charge >= 0.3 is 12.1 Å². The number of ether oxygens (including phenoxy) is 2. The van der Waals surface area contributed by atoms with Crippen molar-refractivity contribution in [2.24, 2.45) is 0 Å². The van der Waals surface area contributed by atoms with E-state index in [1.54, 1.807) is 0 Å². The SMILES string of the molecule is CCC(C)(S(=O)(=O)CC)S(=O)(=O)CCOC(c1ccccc1C(=O)OC)C(F)(F)F. The Morgan fingerprint density at radius 2 is 1.63 bits per heavy atom. The number of methoxy groups -OCH3 is 1. The predicted molar refractivity (Wildman–Crippen MR) is 104 cm³/mol. The van der Waals surface area contributed by atoms with Gasteiger partial charge in [-0.1, -0.05) is 32.0 Å². The minimum atomic E-state index is -4.96. The molecular formula is C18H25F3O7S2. The summed E-state index contributed by atoms with van der Waals surface area (Å²) in [7, 11) is -7.41. The predicted octanol–water partition coefficient (Wildman–Crippen LogP) is 3.07. The molecule has 0 spiro atoms. The Bertz CT molecular complexity index is 956. The maximum absolute atomic E-state index is 13.6. The third kappa shape index (κ3) is 5.33. The van der Waals surface area contributed by atoms with Gasteiger partial charge in [-0.15, -0.1) is 0 Å². The molecule has 0 radical (unpaired) electrons. The van der Waals surface area contributed by atoms with E-state index in [9.17, 15) is 34.8 Å². The van der Waals surface area contributed by atoms with Crippen LogP contribution in [0.2, 0.25) is 0 Å². The van der Waals surface area contributed by atoms with Crippen molar-refractivity contribution >= 4 is 25.6 Å². The van der Waals surface area contributed by atoms with Crippen LogP contribution in [-0.2, 0) is 29.1 Å². The van der Waals surface area contributed by atoms with Crippen molar-refractivity contribution in [2.75, 3.05) is 25.2 Å². The molecule has 0 aliphatic heterocycles. The number of hydrogen-bond donors (Lipinski definition) is 0. The lowest BCUT2D eigenvalue weighted by Crippen LogP contribution is -2.46. The molecule has 2 unspecified atom stereocenters. The van der Waals surface area contributed by atoms with E-state index in [0.29, 0.717) is 0 Å². The quantitative estimate of drug-likeness (QED) is 0.480. The zero-order valence-electron chi connectivity index (χ0n) is 17.0. The molecule has 7 nitrogen and oxygen atoms in total. The zero-order chi connectivity index (χ0) is 23.4. The number of rotatable bonds is 10. The summed E-state index contributed by atoms with van der Waals surface area (Å²) in [5.74, 6) is -2.39. The van der Waals surface area contributed by atoms with Crippen molar-refractivity contribution in [2.45, 2.75) is 43.6 Å². The highest BCUT2D eigenvalue weighted by Crippen LogP contribution is 2.38. The molecule has 1 aromatic rings. The molecule has 0 aliphatic rings. The van der Waals surface area contributed by atoms with Crippen LogP contribution in [0.4, 0.5) is 13.2 Å². The van der Waals surface area contributed by atoms with Crippen LogP contribution in [0.5, 0.6) is 0 Å². The number of esters is 1. The first-order chi connectivity index (χ1) is 13.7. The van der Waals surface area contributed by atoms with Gasteiger partial charge in [-0.2, -0.15) is 13.2 Å². The molecule has 0 amide bonds. The lowest BCUT2D eigenvalue weighted by Gasteiger charge is -2.28. The van der Waals surface area contributed by atoms with Crippen LogP contribution in [0.1, 0.15) is 49.2 Å². The van der Waals surface area contributed by atoms with Gasteiger partial charge in [0.25, 0.3) is 0 Å². The third-order valence-electron chi connectivity index (χ3n) is 4.92. The van der Waals surface area contributed by atoms with Crippen LogP contribution in [0.15, 0.2) is 24.3 Å². The first-order valence-corrected chi connectivity index (χ1v) is 12.3. The van der Waals surface area contributed by atoms with Crippen molar-refractivity contribution in [3.05, 3.63) is 35.4 Å². The second-order valence-electron chi connectivity index (χ2n) is 6.58. The van der Waals surface area contributed by atoms with Crippen LogP contribution in [-0.4, -0.2) is 58.3 Å². The molecule has 0 saturated heterocycles. The molecule has 0 N–H and O–H groups in total. The van der Waals surface area contributed by atoms with Crippen molar-refractivity contribution in [3.8, 4) is 0 Å². The maximum Gasteiger partial charge on any atom is 0.418 e. The first-order valence-electron chi connectivity index (χ1n) is 8.98. The largest absolute Gasteiger partial charge is 0.465 e. The van der Waals surface area contributed by atoms with Crippen molar-refractivity contribution in [1.82, 2.24) is 0 Å². The smallest absolute Gasteiger partial charge is 0.418 e. The molecule has 0 saturated carbocycles. The van der Waals surface area contributed by atoms with E-state index in [0.717, 1.165) is 26.2 Å². The molecule has 0 aromatic heterocycles. The van der Waals surface area contributed by atoms with Crippen LogP contribution in [0, 0.1) is 0 Å². The van der Waals surface area contributed by atoms with E-state index in [1.165, 1.54) is 26.0 Å². The average Bonchev–Trinajstić information content (AvgIpc) is 2.68. The highest BCUT2D eigenvalue weighted by molar-refractivity contribution is 8.10. The van der Waals surface area contributed by atoms with Gasteiger partial charge in [0.1, 0.15) is 0 Å². The molecule has 30 heavy (non-hydrogen) atoms. The van der Waals surface area contributed by atoms with Gasteiger partial charge in [0, 0.05) is 11.3 Å². The summed E-state index contributed by atoms with van der Waals surface area (Å²) >= 11 is 0. The molecule has 1 aromatic carbocycles. The number of alkyl halides is 3. The summed E-state index contributed by atoms with van der Waals surface area (Å²) in [5, 5.41) is 0. The van der Waals surface area contributed by atoms with Crippen LogP contribution >= 0.6 is 0 Å². The van der Waals surface area contributed by atoms with Gasteiger partial charge < -0.3 is 9.47 Å². The Balaban J connectivity index is 3.20. The van der Waals surface area contributed by atoms with Gasteiger partial charge in [-0.05, 0) is 19.4 Å². The Kier molecular flexibility index (Phi) is 8.48. The molecule has 12 heteroatoms. The zero-order valence-corrected chi connectivity index (χ0v) is 18.7. The number of benzene rings is 1. The highest BCUT2D eigenvalue weighted by Gasteiger charge is 2.49. The highest BCUT2D eigenvalue weighted by atomic mass is 32.3. The second kappa shape index (κ2) is 9.65. The fourth-order valence-electron chi connectivity index (χ4n) is 2.81. The van der Waals surface area contributed by atoms with E-state index < -0.39 is 65.7 Å². The molecular weight excluding hydrogens is 449 g/mol. The molecule has 1 rings (SSSR count). The molecule has 172 valence electrons. The van der Waals surface area contributed by atoms with E-state index in [-0.39, 0.29) is 12.0 Å². The van der Waals surface area contributed by atoms with Crippen LogP contribution in [0.3, 0.4) is 0 Å². The minimum absolute atomic E-state index is 0.265. The fraction of sp³-hybridized carbons (Fsp3) is 0.611. The summed E-state index contributed by atoms with van der Waals surface area (Å²) in [6.45, 7) is 2.78. The summed E-state index contributed by atoms with van der Waals surface area (Å²) in [5.41, 5.74) is -0.911. The Hall–Kier alpha value is -1.66. The second-order valence-corrected chi connectivity index (χ2v) is 12.1. The van der Waals surface area contributed by atoms with E-state index >= 15 is 0 Å². The number of sulfone groups is 2. The summed E-state index contributed by atoms with van der Waals surface area (Å²) in [4.78, 5) is 11.8. The van der Waals surface area contributed by atoms with Crippen molar-refractivity contribution < 1.29 is 44.3 Å². The molecule has 2 atom stereocenters. The average molecular weight is 475 g/mol. The number of hydrogen-bond acceptors (Lipinski definition) is 7. The van der Waals surface area contributed by atoms with E-state index in [2.05, 4.69) is 4.74 Å². The van der Waals surface area contributed by atoms with Crippen LogP contribution < -0.4 is 0 Å². The Morgan fingerprint density at radius 3 is 2.10 bits per heavy atom. The fourth-order valence-corrected chi connectivity index (χ4v) is 7.20. The minimum Gasteiger partial charge on any atom is -0.465 e. The number of halogens is 3. The third-order valence-corrected chi connectivity index (χ3v) is 11.1. The maximum atomic E-state index is 13.6. The van der Waals surface area contributed by atoms with Gasteiger partial charge in [-0.3, -0.25) is 0 Å². The summed E-state index contributed by atoms with van der Waals surface area (Å²) in [6.07, 6.45) is -7.82. The van der Waals surface area contributed by atoms with Crippen molar-refractivity contribution in [1.29, 1.82) is 0 Å². The normalized spacial score (nSPS) is 16.0. The Labute approximate surface area is 174 Å². The molecule has 0 aliphatic carbocycles. The summed E-state index contributed by atoms with van der Waals surface area (Å²) < 4.78 is 97.9. The Morgan fingerprint density at radius 1 is 1.07 bits per heavy atom. The number of carbonyl (C=O) groups excluding carboxylic acids is 1.